The molecular formula is C51H36F3IrN3. The molecule has 285 valence electrons. The molecule has 58 heavy (non-hydrogen) atoms. The smallest absolute Gasteiger partial charge is 0.131 e. The Hall–Kier alpha value is -6.79. The maximum absolute atomic E-state index is 13.8. The number of hydrogen-bond donors (Lipinski definition) is 0. The van der Waals surface area contributed by atoms with Crippen molar-refractivity contribution in [1.29, 1.82) is 0 Å². The van der Waals surface area contributed by atoms with E-state index in [1.807, 2.05) is 146 Å². The molecule has 9 rings (SSSR count). The molecule has 3 heterocycles. The molecule has 0 bridgehead atoms. The van der Waals surface area contributed by atoms with Gasteiger partial charge in [0, 0.05) is 72.1 Å². The van der Waals surface area contributed by atoms with Crippen molar-refractivity contribution in [1.82, 2.24) is 15.0 Å². The molecule has 0 amide bonds. The minimum Gasteiger partial charge on any atom is -0.256 e. The number of benzene rings is 6. The van der Waals surface area contributed by atoms with Crippen molar-refractivity contribution in [2.24, 2.45) is 0 Å². The second-order valence-electron chi connectivity index (χ2n) is 12.8. The van der Waals surface area contributed by atoms with Gasteiger partial charge in [-0.3, -0.25) is 15.0 Å². The molecule has 0 N–H and O–H groups in total. The van der Waals surface area contributed by atoms with E-state index in [0.717, 1.165) is 50.5 Å². The van der Waals surface area contributed by atoms with E-state index in [1.54, 1.807) is 55.0 Å². The van der Waals surface area contributed by atoms with E-state index in [2.05, 4.69) is 15.0 Å². The zero-order valence-electron chi connectivity index (χ0n) is 31.1. The van der Waals surface area contributed by atoms with Crippen molar-refractivity contribution >= 4 is 0 Å². The molecule has 0 aliphatic carbocycles. The van der Waals surface area contributed by atoms with Crippen molar-refractivity contribution in [3.8, 4) is 67.2 Å². The summed E-state index contributed by atoms with van der Waals surface area (Å²) in [4.78, 5) is 12.9. The van der Waals surface area contributed by atoms with Crippen LogP contribution in [0.5, 0.6) is 0 Å². The van der Waals surface area contributed by atoms with Crippen molar-refractivity contribution in [3.05, 3.63) is 236 Å². The molecule has 3 nitrogen and oxygen atoms in total. The molecule has 0 unspecified atom stereocenters. The van der Waals surface area contributed by atoms with E-state index in [0.29, 0.717) is 16.7 Å². The normalized spacial score (nSPS) is 10.2. The number of hydrogen-bond acceptors (Lipinski definition) is 3. The van der Waals surface area contributed by atoms with Crippen molar-refractivity contribution < 1.29 is 33.3 Å². The number of aromatic nitrogens is 3. The molecule has 0 fully saturated rings. The molecule has 0 saturated heterocycles. The monoisotopic (exact) mass is 940 g/mol. The first-order valence-corrected chi connectivity index (χ1v) is 18.3. The van der Waals surface area contributed by atoms with Crippen molar-refractivity contribution in [2.75, 3.05) is 0 Å². The summed E-state index contributed by atoms with van der Waals surface area (Å²) in [7, 11) is 0. The summed E-state index contributed by atoms with van der Waals surface area (Å²) in [5, 5.41) is 0. The standard InChI is InChI=1S/3C17H12FN.Ir/c3*18-16-9-2-1-8-15(16)13-6-5-7-14(12-13)17-10-3-4-11-19-17;/h3*1-12H;. The second-order valence-corrected chi connectivity index (χ2v) is 12.8. The third kappa shape index (κ3) is 10.5. The van der Waals surface area contributed by atoms with Gasteiger partial charge in [-0.25, -0.2) is 13.2 Å². The van der Waals surface area contributed by atoms with E-state index >= 15 is 0 Å². The summed E-state index contributed by atoms with van der Waals surface area (Å²) < 4.78 is 41.4. The third-order valence-electron chi connectivity index (χ3n) is 9.02. The molecule has 0 spiro atoms. The second kappa shape index (κ2) is 20.4. The molecule has 0 aliphatic rings. The molecule has 9 aromatic rings. The Labute approximate surface area is 350 Å². The van der Waals surface area contributed by atoms with E-state index in [4.69, 9.17) is 0 Å². The van der Waals surface area contributed by atoms with Gasteiger partial charge in [0.25, 0.3) is 0 Å². The quantitative estimate of drug-likeness (QED) is 0.167. The Bertz CT molecular complexity index is 2380. The molecule has 7 heteroatoms. The van der Waals surface area contributed by atoms with Crippen LogP contribution in [-0.4, -0.2) is 15.0 Å². The number of halogens is 3. The fraction of sp³-hybridized carbons (Fsp3) is 0. The van der Waals surface area contributed by atoms with Gasteiger partial charge < -0.3 is 0 Å². The maximum Gasteiger partial charge on any atom is 0.131 e. The van der Waals surface area contributed by atoms with Crippen molar-refractivity contribution in [3.63, 3.8) is 0 Å². The minimum atomic E-state index is -0.208. The molecule has 3 aromatic heterocycles. The fourth-order valence-electron chi connectivity index (χ4n) is 6.22. The molecule has 0 aliphatic heterocycles. The van der Waals surface area contributed by atoms with E-state index in [9.17, 15) is 13.2 Å². The van der Waals surface area contributed by atoms with Crippen LogP contribution in [0.25, 0.3) is 67.2 Å². The van der Waals surface area contributed by atoms with Crippen LogP contribution < -0.4 is 0 Å². The van der Waals surface area contributed by atoms with Crippen LogP contribution in [0, 0.1) is 17.5 Å². The average Bonchev–Trinajstić information content (AvgIpc) is 3.28. The van der Waals surface area contributed by atoms with Crippen LogP contribution in [0.4, 0.5) is 13.2 Å². The largest absolute Gasteiger partial charge is 0.256 e. The first-order valence-electron chi connectivity index (χ1n) is 18.3. The van der Waals surface area contributed by atoms with E-state index in [1.165, 1.54) is 18.2 Å². The summed E-state index contributed by atoms with van der Waals surface area (Å²) >= 11 is 0. The fourth-order valence-corrected chi connectivity index (χ4v) is 6.22. The number of nitrogens with zero attached hydrogens (tertiary/aromatic N) is 3. The van der Waals surface area contributed by atoms with Crippen LogP contribution in [0.15, 0.2) is 219 Å². The summed E-state index contributed by atoms with van der Waals surface area (Å²) in [5.41, 5.74) is 10.1. The topological polar surface area (TPSA) is 38.7 Å². The van der Waals surface area contributed by atoms with Gasteiger partial charge in [0.1, 0.15) is 17.5 Å². The van der Waals surface area contributed by atoms with Crippen LogP contribution in [0.1, 0.15) is 0 Å². The predicted molar refractivity (Wildman–Crippen MR) is 225 cm³/mol. The van der Waals surface area contributed by atoms with Crippen LogP contribution >= 0.6 is 0 Å². The summed E-state index contributed by atoms with van der Waals surface area (Å²) in [6, 6.07) is 61.0. The number of pyridine rings is 3. The Morgan fingerprint density at radius 3 is 0.776 bits per heavy atom. The zero-order valence-corrected chi connectivity index (χ0v) is 33.5. The molecule has 1 radical (unpaired) electrons. The zero-order chi connectivity index (χ0) is 39.2. The first kappa shape index (κ1) is 40.9. The molecule has 6 aromatic carbocycles. The van der Waals surface area contributed by atoms with E-state index < -0.39 is 0 Å². The van der Waals surface area contributed by atoms with Gasteiger partial charge in [0.2, 0.25) is 0 Å². The minimum absolute atomic E-state index is 0. The molecule has 0 atom stereocenters. The Morgan fingerprint density at radius 2 is 0.517 bits per heavy atom. The van der Waals surface area contributed by atoms with Crippen LogP contribution in [-0.2, 0) is 20.1 Å². The average molecular weight is 940 g/mol. The molecule has 0 saturated carbocycles. The van der Waals surface area contributed by atoms with Gasteiger partial charge in [-0.05, 0) is 89.5 Å². The van der Waals surface area contributed by atoms with Gasteiger partial charge >= 0.3 is 0 Å². The summed E-state index contributed by atoms with van der Waals surface area (Å²) in [6.07, 6.45) is 5.27. The van der Waals surface area contributed by atoms with Crippen LogP contribution in [0.3, 0.4) is 0 Å². The van der Waals surface area contributed by atoms with E-state index in [-0.39, 0.29) is 37.6 Å². The maximum atomic E-state index is 13.8. The first-order chi connectivity index (χ1) is 28.0. The van der Waals surface area contributed by atoms with Gasteiger partial charge in [-0.15, -0.1) is 0 Å². The van der Waals surface area contributed by atoms with Gasteiger partial charge in [-0.2, -0.15) is 0 Å². The van der Waals surface area contributed by atoms with Crippen molar-refractivity contribution in [2.45, 2.75) is 0 Å². The molecular weight excluding hydrogens is 904 g/mol. The Balaban J connectivity index is 0.000000145. The van der Waals surface area contributed by atoms with Crippen LogP contribution in [0.2, 0.25) is 0 Å². The number of rotatable bonds is 6. The third-order valence-corrected chi connectivity index (χ3v) is 9.02. The van der Waals surface area contributed by atoms with Gasteiger partial charge in [0.15, 0.2) is 0 Å². The predicted octanol–water partition coefficient (Wildman–Crippen LogP) is 13.7. The van der Waals surface area contributed by atoms with Gasteiger partial charge in [-0.1, -0.05) is 127 Å². The van der Waals surface area contributed by atoms with Gasteiger partial charge in [0.05, 0.1) is 17.1 Å². The summed E-state index contributed by atoms with van der Waals surface area (Å²) in [6.45, 7) is 0. The summed E-state index contributed by atoms with van der Waals surface area (Å²) in [5.74, 6) is -0.623. The Kier molecular flexibility index (Phi) is 14.4. The SMILES string of the molecule is Fc1ccccc1-c1cccc(-c2ccccn2)c1.Fc1ccccc1-c1cccc(-c2ccccn2)c1.Fc1ccccc1-c1cccc(-c2ccccn2)c1.[Ir]. The Morgan fingerprint density at radius 1 is 0.259 bits per heavy atom.